The van der Waals surface area contributed by atoms with Crippen LogP contribution in [0.1, 0.15) is 25.5 Å². The number of hydrogen-bond acceptors (Lipinski definition) is 6. The maximum absolute atomic E-state index is 13.3. The molecule has 5 atom stereocenters. The van der Waals surface area contributed by atoms with Gasteiger partial charge in [-0.3, -0.25) is 4.79 Å². The maximum atomic E-state index is 13.3. The van der Waals surface area contributed by atoms with Gasteiger partial charge in [0.25, 0.3) is 0 Å². The maximum Gasteiger partial charge on any atom is 0.433 e. The molecule has 0 spiro atoms. The third-order valence-corrected chi connectivity index (χ3v) is 6.07. The van der Waals surface area contributed by atoms with E-state index in [2.05, 4.69) is 9.97 Å². The Morgan fingerprint density at radius 1 is 1.26 bits per heavy atom. The Bertz CT molecular complexity index is 747. The Morgan fingerprint density at radius 3 is 2.44 bits per heavy atom. The lowest BCUT2D eigenvalue weighted by Gasteiger charge is -2.43. The van der Waals surface area contributed by atoms with Gasteiger partial charge in [0.1, 0.15) is 5.82 Å². The number of β-amino-alcohol motifs (C(OH)–C–C–N with tert-alkyl or cyclic N) is 1. The second kappa shape index (κ2) is 6.22. The molecule has 0 aromatic carbocycles. The SMILES string of the molecule is C[C@H]1[C@H](O)CN1c1nc(N2C[C@@H]3C(CCC(=O)O)[C@@H]3C2)cc(C(F)(F)F)n1. The lowest BCUT2D eigenvalue weighted by Crippen LogP contribution is -2.59. The molecule has 1 aliphatic carbocycles. The number of nitrogens with zero attached hydrogens (tertiary/aromatic N) is 4. The molecule has 2 N–H and O–H groups in total. The summed E-state index contributed by atoms with van der Waals surface area (Å²) in [5.74, 6) is 0.388. The molecule has 4 rings (SSSR count). The summed E-state index contributed by atoms with van der Waals surface area (Å²) in [6.07, 6.45) is -4.43. The molecule has 1 aromatic heterocycles. The van der Waals surface area contributed by atoms with Crippen LogP contribution in [0.3, 0.4) is 0 Å². The molecule has 0 amide bonds. The molecule has 1 unspecified atom stereocenters. The monoisotopic (exact) mass is 386 g/mol. The molecule has 7 nitrogen and oxygen atoms in total. The number of hydrogen-bond donors (Lipinski definition) is 2. The number of aliphatic hydroxyl groups is 1. The highest BCUT2D eigenvalue weighted by Gasteiger charge is 2.55. The van der Waals surface area contributed by atoms with Crippen molar-refractivity contribution in [1.82, 2.24) is 9.97 Å². The third-order valence-electron chi connectivity index (χ3n) is 6.07. The van der Waals surface area contributed by atoms with Crippen LogP contribution in [0.4, 0.5) is 24.9 Å². The summed E-state index contributed by atoms with van der Waals surface area (Å²) in [5, 5.41) is 18.4. The van der Waals surface area contributed by atoms with Crippen molar-refractivity contribution in [2.75, 3.05) is 29.4 Å². The number of anilines is 2. The number of aliphatic carboxylic acids is 1. The summed E-state index contributed by atoms with van der Waals surface area (Å²) in [6, 6.07) is 0.648. The normalized spacial score (nSPS) is 32.3. The molecule has 27 heavy (non-hydrogen) atoms. The number of rotatable bonds is 5. The smallest absolute Gasteiger partial charge is 0.433 e. The molecule has 3 aliphatic rings. The average molecular weight is 386 g/mol. The van der Waals surface area contributed by atoms with Gasteiger partial charge < -0.3 is 20.0 Å². The van der Waals surface area contributed by atoms with Gasteiger partial charge in [0, 0.05) is 32.1 Å². The van der Waals surface area contributed by atoms with E-state index >= 15 is 0 Å². The highest BCUT2D eigenvalue weighted by atomic mass is 19.4. The van der Waals surface area contributed by atoms with Gasteiger partial charge in [-0.05, 0) is 31.1 Å². The first-order chi connectivity index (χ1) is 12.6. The summed E-state index contributed by atoms with van der Waals surface area (Å²) in [6.45, 7) is 3.10. The van der Waals surface area contributed by atoms with E-state index in [9.17, 15) is 23.1 Å². The highest BCUT2D eigenvalue weighted by molar-refractivity contribution is 5.66. The van der Waals surface area contributed by atoms with Crippen LogP contribution in [0, 0.1) is 17.8 Å². The van der Waals surface area contributed by atoms with Crippen LogP contribution in [-0.4, -0.2) is 57.9 Å². The summed E-state index contributed by atoms with van der Waals surface area (Å²) in [5.41, 5.74) is -0.987. The van der Waals surface area contributed by atoms with E-state index in [0.29, 0.717) is 37.3 Å². The molecule has 1 saturated carbocycles. The predicted octanol–water partition coefficient (Wildman–Crippen LogP) is 1.61. The van der Waals surface area contributed by atoms with Crippen LogP contribution in [-0.2, 0) is 11.0 Å². The fourth-order valence-electron chi connectivity index (χ4n) is 4.27. The minimum absolute atomic E-state index is 0.0133. The predicted molar refractivity (Wildman–Crippen MR) is 89.4 cm³/mol. The molecule has 2 saturated heterocycles. The minimum Gasteiger partial charge on any atom is -0.481 e. The van der Waals surface area contributed by atoms with E-state index < -0.39 is 23.9 Å². The van der Waals surface area contributed by atoms with E-state index in [1.165, 1.54) is 0 Å². The molecular weight excluding hydrogens is 365 g/mol. The first kappa shape index (κ1) is 18.3. The van der Waals surface area contributed by atoms with Crippen molar-refractivity contribution in [3.63, 3.8) is 0 Å². The van der Waals surface area contributed by atoms with Crippen LogP contribution >= 0.6 is 0 Å². The largest absolute Gasteiger partial charge is 0.481 e. The molecule has 10 heteroatoms. The number of alkyl halides is 3. The van der Waals surface area contributed by atoms with Crippen molar-refractivity contribution in [2.24, 2.45) is 17.8 Å². The summed E-state index contributed by atoms with van der Waals surface area (Å²) < 4.78 is 39.9. The van der Waals surface area contributed by atoms with Crippen LogP contribution in [0.5, 0.6) is 0 Å². The van der Waals surface area contributed by atoms with Gasteiger partial charge in [-0.1, -0.05) is 0 Å². The number of piperidine rings is 1. The van der Waals surface area contributed by atoms with E-state index in [-0.39, 0.29) is 30.8 Å². The first-order valence-electron chi connectivity index (χ1n) is 9.03. The zero-order valence-corrected chi connectivity index (χ0v) is 14.7. The van der Waals surface area contributed by atoms with Gasteiger partial charge in [0.2, 0.25) is 5.95 Å². The van der Waals surface area contributed by atoms with Gasteiger partial charge in [-0.25, -0.2) is 4.98 Å². The van der Waals surface area contributed by atoms with Gasteiger partial charge in [0.05, 0.1) is 12.1 Å². The van der Waals surface area contributed by atoms with Crippen molar-refractivity contribution in [1.29, 1.82) is 0 Å². The van der Waals surface area contributed by atoms with Gasteiger partial charge in [0.15, 0.2) is 5.69 Å². The van der Waals surface area contributed by atoms with Crippen LogP contribution in [0.15, 0.2) is 6.07 Å². The Hall–Kier alpha value is -2.10. The summed E-state index contributed by atoms with van der Waals surface area (Å²) >= 11 is 0. The average Bonchev–Trinajstić information content (AvgIpc) is 3.05. The number of halogens is 3. The van der Waals surface area contributed by atoms with Crippen molar-refractivity contribution >= 4 is 17.7 Å². The highest BCUT2D eigenvalue weighted by Crippen LogP contribution is 2.54. The second-order valence-electron chi connectivity index (χ2n) is 7.70. The lowest BCUT2D eigenvalue weighted by molar-refractivity contribution is -0.141. The topological polar surface area (TPSA) is 89.8 Å². The molecule has 2 aliphatic heterocycles. The van der Waals surface area contributed by atoms with Crippen LogP contribution < -0.4 is 9.80 Å². The lowest BCUT2D eigenvalue weighted by atomic mass is 10.0. The van der Waals surface area contributed by atoms with Crippen molar-refractivity contribution in [3.05, 3.63) is 11.8 Å². The molecule has 1 aromatic rings. The molecule has 0 bridgehead atoms. The van der Waals surface area contributed by atoms with Crippen molar-refractivity contribution < 1.29 is 28.2 Å². The number of aromatic nitrogens is 2. The van der Waals surface area contributed by atoms with Crippen LogP contribution in [0.25, 0.3) is 0 Å². The van der Waals surface area contributed by atoms with Gasteiger partial charge in [-0.15, -0.1) is 0 Å². The molecule has 3 heterocycles. The fraction of sp³-hybridized carbons (Fsp3) is 0.706. The van der Waals surface area contributed by atoms with Gasteiger partial charge in [-0.2, -0.15) is 18.2 Å². The second-order valence-corrected chi connectivity index (χ2v) is 7.70. The summed E-state index contributed by atoms with van der Waals surface area (Å²) in [7, 11) is 0. The molecule has 0 radical (unpaired) electrons. The Morgan fingerprint density at radius 2 is 1.93 bits per heavy atom. The third kappa shape index (κ3) is 3.30. The number of carboxylic acid groups (broad SMARTS) is 1. The standard InChI is InChI=1S/C17H21F3N4O3/c1-8-12(25)7-24(8)16-21-13(17(18,19)20)4-14(22-16)23-5-10-9(11(10)6-23)2-3-15(26)27/h4,8-12,25H,2-3,5-7H2,1H3,(H,26,27)/t8-,9?,10-,11+,12+/m0/s1. The van der Waals surface area contributed by atoms with Crippen LogP contribution in [0.2, 0.25) is 0 Å². The van der Waals surface area contributed by atoms with E-state index in [0.717, 1.165) is 6.07 Å². The Kier molecular flexibility index (Phi) is 4.21. The van der Waals surface area contributed by atoms with E-state index in [1.807, 2.05) is 4.90 Å². The number of carbonyl (C=O) groups is 1. The number of carboxylic acids is 1. The minimum atomic E-state index is -4.58. The zero-order valence-electron chi connectivity index (χ0n) is 14.7. The fourth-order valence-corrected chi connectivity index (χ4v) is 4.27. The van der Waals surface area contributed by atoms with Crippen molar-refractivity contribution in [3.8, 4) is 0 Å². The van der Waals surface area contributed by atoms with Gasteiger partial charge >= 0.3 is 12.1 Å². The Labute approximate surface area is 153 Å². The van der Waals surface area contributed by atoms with E-state index in [1.54, 1.807) is 11.8 Å². The van der Waals surface area contributed by atoms with E-state index in [4.69, 9.17) is 5.11 Å². The summed E-state index contributed by atoms with van der Waals surface area (Å²) in [4.78, 5) is 22.1. The zero-order chi connectivity index (χ0) is 19.5. The van der Waals surface area contributed by atoms with Crippen molar-refractivity contribution in [2.45, 2.75) is 38.1 Å². The molecular formula is C17H21F3N4O3. The quantitative estimate of drug-likeness (QED) is 0.795. The number of fused-ring (bicyclic) bond motifs is 1. The number of aliphatic hydroxyl groups excluding tert-OH is 1. The molecule has 3 fully saturated rings. The molecule has 148 valence electrons. The first-order valence-corrected chi connectivity index (χ1v) is 9.03. The Balaban J connectivity index is 1.51.